The average Bonchev–Trinajstić information content (AvgIpc) is 3.10. The molecule has 1 heterocycles. The van der Waals surface area contributed by atoms with E-state index in [1.807, 2.05) is 56.3 Å². The van der Waals surface area contributed by atoms with Crippen LogP contribution in [0.3, 0.4) is 0 Å². The third-order valence-electron chi connectivity index (χ3n) is 5.21. The Bertz CT molecular complexity index is 998. The monoisotopic (exact) mass is 453 g/mol. The molecule has 0 spiro atoms. The molecule has 0 atom stereocenters. The van der Waals surface area contributed by atoms with Gasteiger partial charge in [0.2, 0.25) is 0 Å². The molecule has 0 aromatic heterocycles. The molecule has 32 heavy (non-hydrogen) atoms. The molecule has 1 amide bonds. The van der Waals surface area contributed by atoms with Crippen LogP contribution >= 0.6 is 11.8 Å². The molecular weight excluding hydrogens is 422 g/mol. The van der Waals surface area contributed by atoms with E-state index in [-0.39, 0.29) is 5.91 Å². The van der Waals surface area contributed by atoms with Gasteiger partial charge in [0.05, 0.1) is 24.3 Å². The molecule has 1 fully saturated rings. The fourth-order valence-electron chi connectivity index (χ4n) is 3.51. The Labute approximate surface area is 194 Å². The third kappa shape index (κ3) is 5.27. The molecule has 3 rings (SSSR count). The number of thioether (sulfide) groups is 1. The number of anilines is 1. The zero-order valence-electron chi connectivity index (χ0n) is 19.4. The fraction of sp³-hybridized carbons (Fsp3) is 0.360. The van der Waals surface area contributed by atoms with Gasteiger partial charge in [-0.1, -0.05) is 0 Å². The van der Waals surface area contributed by atoms with Crippen molar-refractivity contribution in [2.45, 2.75) is 27.7 Å². The van der Waals surface area contributed by atoms with E-state index in [1.54, 1.807) is 12.0 Å². The second kappa shape index (κ2) is 11.1. The number of ether oxygens (including phenoxy) is 2. The minimum absolute atomic E-state index is 0.0444. The lowest BCUT2D eigenvalue weighted by Gasteiger charge is -2.22. The minimum Gasteiger partial charge on any atom is -0.496 e. The van der Waals surface area contributed by atoms with Crippen LogP contribution in [0.2, 0.25) is 0 Å². The first-order valence-electron chi connectivity index (χ1n) is 11.0. The van der Waals surface area contributed by atoms with Crippen LogP contribution in [-0.4, -0.2) is 49.3 Å². The lowest BCUT2D eigenvalue weighted by Crippen LogP contribution is -2.28. The van der Waals surface area contributed by atoms with E-state index in [4.69, 9.17) is 14.5 Å². The van der Waals surface area contributed by atoms with Gasteiger partial charge in [0, 0.05) is 37.0 Å². The summed E-state index contributed by atoms with van der Waals surface area (Å²) in [5.41, 5.74) is 2.76. The van der Waals surface area contributed by atoms with Gasteiger partial charge < -0.3 is 14.4 Å². The Morgan fingerprint density at radius 2 is 1.78 bits per heavy atom. The van der Waals surface area contributed by atoms with Crippen LogP contribution in [0.4, 0.5) is 11.4 Å². The fourth-order valence-corrected chi connectivity index (χ4v) is 4.56. The molecule has 1 aliphatic heterocycles. The Morgan fingerprint density at radius 3 is 2.38 bits per heavy atom. The molecule has 0 bridgehead atoms. The van der Waals surface area contributed by atoms with E-state index in [1.165, 1.54) is 11.8 Å². The Hall–Kier alpha value is -2.93. The van der Waals surface area contributed by atoms with Crippen LogP contribution in [0, 0.1) is 0 Å². The van der Waals surface area contributed by atoms with Crippen molar-refractivity contribution in [1.29, 1.82) is 0 Å². The highest BCUT2D eigenvalue weighted by Crippen LogP contribution is 2.36. The number of benzene rings is 2. The molecule has 2 aromatic carbocycles. The highest BCUT2D eigenvalue weighted by molar-refractivity contribution is 8.18. The topological polar surface area (TPSA) is 54.4 Å². The lowest BCUT2D eigenvalue weighted by molar-refractivity contribution is -0.122. The number of hydrogen-bond acceptors (Lipinski definition) is 6. The van der Waals surface area contributed by atoms with E-state index in [0.29, 0.717) is 23.2 Å². The van der Waals surface area contributed by atoms with Crippen LogP contribution in [0.1, 0.15) is 33.3 Å². The second-order valence-electron chi connectivity index (χ2n) is 7.08. The van der Waals surface area contributed by atoms with Crippen LogP contribution in [0.5, 0.6) is 11.5 Å². The summed E-state index contributed by atoms with van der Waals surface area (Å²) < 4.78 is 11.1. The van der Waals surface area contributed by atoms with Crippen LogP contribution in [0.15, 0.2) is 52.4 Å². The van der Waals surface area contributed by atoms with Crippen molar-refractivity contribution in [2.24, 2.45) is 4.99 Å². The SMILES string of the molecule is CCOc1ccc(N=C2S/C(=C/c3ccc(N(CC)CC)cc3OC)C(=O)N2CC)cc1. The highest BCUT2D eigenvalue weighted by Gasteiger charge is 2.32. The molecule has 0 radical (unpaired) electrons. The summed E-state index contributed by atoms with van der Waals surface area (Å²) in [6, 6.07) is 13.7. The van der Waals surface area contributed by atoms with Crippen LogP contribution in [-0.2, 0) is 4.79 Å². The molecule has 2 aromatic rings. The van der Waals surface area contributed by atoms with Gasteiger partial charge in [0.25, 0.3) is 5.91 Å². The number of aliphatic imine (C=N–C) groups is 1. The molecule has 1 aliphatic rings. The first-order chi connectivity index (χ1) is 15.5. The van der Waals surface area contributed by atoms with Gasteiger partial charge in [-0.2, -0.15) is 0 Å². The molecular formula is C25H31N3O3S. The van der Waals surface area contributed by atoms with Crippen molar-refractivity contribution in [1.82, 2.24) is 4.90 Å². The van der Waals surface area contributed by atoms with Crippen LogP contribution in [0.25, 0.3) is 6.08 Å². The number of rotatable bonds is 9. The molecule has 6 nitrogen and oxygen atoms in total. The Kier molecular flexibility index (Phi) is 8.22. The van der Waals surface area contributed by atoms with E-state index in [2.05, 4.69) is 24.8 Å². The zero-order chi connectivity index (χ0) is 23.1. The summed E-state index contributed by atoms with van der Waals surface area (Å²) in [6.07, 6.45) is 1.89. The third-order valence-corrected chi connectivity index (χ3v) is 6.22. The number of amides is 1. The van der Waals surface area contributed by atoms with Gasteiger partial charge in [0.1, 0.15) is 11.5 Å². The van der Waals surface area contributed by atoms with Gasteiger partial charge in [-0.3, -0.25) is 9.69 Å². The van der Waals surface area contributed by atoms with Gasteiger partial charge in [-0.15, -0.1) is 0 Å². The van der Waals surface area contributed by atoms with Crippen molar-refractivity contribution in [2.75, 3.05) is 38.3 Å². The second-order valence-corrected chi connectivity index (χ2v) is 8.09. The largest absolute Gasteiger partial charge is 0.496 e. The first kappa shape index (κ1) is 23.7. The number of amidine groups is 1. The van der Waals surface area contributed by atoms with Crippen molar-refractivity contribution in [3.63, 3.8) is 0 Å². The first-order valence-corrected chi connectivity index (χ1v) is 11.8. The molecule has 0 saturated carbocycles. The summed E-state index contributed by atoms with van der Waals surface area (Å²) in [6.45, 7) is 11.2. The molecule has 170 valence electrons. The molecule has 7 heteroatoms. The normalized spacial score (nSPS) is 16.2. The quantitative estimate of drug-likeness (QED) is 0.465. The predicted octanol–water partition coefficient (Wildman–Crippen LogP) is 5.56. The van der Waals surface area contributed by atoms with Crippen molar-refractivity contribution < 1.29 is 14.3 Å². The summed E-state index contributed by atoms with van der Waals surface area (Å²) in [7, 11) is 1.66. The van der Waals surface area contributed by atoms with Crippen LogP contribution < -0.4 is 14.4 Å². The van der Waals surface area contributed by atoms with E-state index >= 15 is 0 Å². The molecule has 0 aliphatic carbocycles. The number of carbonyl (C=O) groups excluding carboxylic acids is 1. The summed E-state index contributed by atoms with van der Waals surface area (Å²) in [5, 5.41) is 0.673. The average molecular weight is 454 g/mol. The lowest BCUT2D eigenvalue weighted by atomic mass is 10.1. The number of nitrogens with zero attached hydrogens (tertiary/aromatic N) is 3. The smallest absolute Gasteiger partial charge is 0.266 e. The summed E-state index contributed by atoms with van der Waals surface area (Å²) >= 11 is 1.38. The van der Waals surface area contributed by atoms with E-state index in [9.17, 15) is 4.79 Å². The Balaban J connectivity index is 1.89. The summed E-state index contributed by atoms with van der Waals surface area (Å²) in [4.78, 5) is 22.3. The van der Waals surface area contributed by atoms with Gasteiger partial charge in [-0.05, 0) is 81.9 Å². The standard InChI is InChI=1S/C25H31N3O3S/c1-6-27(7-2)20-13-10-18(22(17-20)30-5)16-23-24(29)28(8-3)25(32-23)26-19-11-14-21(15-12-19)31-9-4/h10-17H,6-9H2,1-5H3/b23-16+,26-25?. The van der Waals surface area contributed by atoms with Crippen molar-refractivity contribution in [3.8, 4) is 11.5 Å². The van der Waals surface area contributed by atoms with E-state index in [0.717, 1.165) is 41.5 Å². The highest BCUT2D eigenvalue weighted by atomic mass is 32.2. The van der Waals surface area contributed by atoms with Gasteiger partial charge in [-0.25, -0.2) is 4.99 Å². The Morgan fingerprint density at radius 1 is 1.06 bits per heavy atom. The molecule has 0 N–H and O–H groups in total. The predicted molar refractivity (Wildman–Crippen MR) is 134 cm³/mol. The van der Waals surface area contributed by atoms with Gasteiger partial charge >= 0.3 is 0 Å². The maximum absolute atomic E-state index is 13.0. The maximum atomic E-state index is 13.0. The van der Waals surface area contributed by atoms with E-state index < -0.39 is 0 Å². The zero-order valence-corrected chi connectivity index (χ0v) is 20.2. The van der Waals surface area contributed by atoms with Crippen molar-refractivity contribution >= 4 is 40.3 Å². The number of carbonyl (C=O) groups is 1. The molecule has 0 unspecified atom stereocenters. The minimum atomic E-state index is -0.0444. The number of likely N-dealkylation sites (N-methyl/N-ethyl adjacent to an activating group) is 1. The number of methoxy groups -OCH3 is 1. The number of hydrogen-bond donors (Lipinski definition) is 0. The van der Waals surface area contributed by atoms with Crippen molar-refractivity contribution in [3.05, 3.63) is 52.9 Å². The maximum Gasteiger partial charge on any atom is 0.266 e. The van der Waals surface area contributed by atoms with Gasteiger partial charge in [0.15, 0.2) is 5.17 Å². The summed E-state index contributed by atoms with van der Waals surface area (Å²) in [5.74, 6) is 1.51. The molecule has 1 saturated heterocycles.